The van der Waals surface area contributed by atoms with Gasteiger partial charge in [0.05, 0.1) is 16.6 Å². The lowest BCUT2D eigenvalue weighted by molar-refractivity contribution is -0.384. The molecule has 4 fully saturated rings. The summed E-state index contributed by atoms with van der Waals surface area (Å²) in [6.45, 7) is 4.69. The van der Waals surface area contributed by atoms with Crippen LogP contribution in [0.4, 0.5) is 5.69 Å². The van der Waals surface area contributed by atoms with Gasteiger partial charge in [-0.3, -0.25) is 14.9 Å². The molecule has 0 aliphatic heterocycles. The minimum atomic E-state index is -0.434. The van der Waals surface area contributed by atoms with Gasteiger partial charge in [0.15, 0.2) is 0 Å². The maximum absolute atomic E-state index is 13.0. The molecule has 0 radical (unpaired) electrons. The molecular weight excluding hydrogens is 330 g/mol. The number of non-ortho nitro benzene ring substituents is 1. The summed E-state index contributed by atoms with van der Waals surface area (Å²) in [5, 5.41) is 14.8. The zero-order valence-corrected chi connectivity index (χ0v) is 15.3. The Balaban J connectivity index is 1.46. The van der Waals surface area contributed by atoms with Crippen molar-refractivity contribution in [2.24, 2.45) is 27.3 Å². The predicted octanol–water partition coefficient (Wildman–Crippen LogP) is 4.04. The number of hydrogen-bond acceptors (Lipinski definition) is 4. The highest BCUT2D eigenvalue weighted by Crippen LogP contribution is 2.69. The van der Waals surface area contributed by atoms with Crippen LogP contribution in [0, 0.1) is 32.3 Å². The summed E-state index contributed by atoms with van der Waals surface area (Å²) in [6.07, 6.45) is 8.20. The fraction of sp³-hybridized carbons (Fsp3) is 0.600. The number of carbonyl (C=O) groups excluding carboxylic acids is 1. The van der Waals surface area contributed by atoms with Gasteiger partial charge in [-0.25, -0.2) is 5.43 Å². The van der Waals surface area contributed by atoms with Gasteiger partial charge < -0.3 is 0 Å². The number of nitro groups is 1. The highest BCUT2D eigenvalue weighted by Gasteiger charge is 2.62. The van der Waals surface area contributed by atoms with Crippen LogP contribution in [0.1, 0.15) is 57.9 Å². The van der Waals surface area contributed by atoms with Crippen LogP contribution in [0.5, 0.6) is 0 Å². The molecule has 0 spiro atoms. The van der Waals surface area contributed by atoms with E-state index in [1.54, 1.807) is 18.3 Å². The molecule has 26 heavy (non-hydrogen) atoms. The molecule has 1 amide bonds. The van der Waals surface area contributed by atoms with Crippen molar-refractivity contribution in [2.45, 2.75) is 52.4 Å². The number of carbonyl (C=O) groups is 1. The molecule has 0 saturated heterocycles. The number of nitrogens with one attached hydrogen (secondary N) is 1. The van der Waals surface area contributed by atoms with E-state index >= 15 is 0 Å². The third kappa shape index (κ3) is 2.91. The number of rotatable bonds is 4. The Morgan fingerprint density at radius 3 is 2.31 bits per heavy atom. The van der Waals surface area contributed by atoms with Crippen molar-refractivity contribution in [3.05, 3.63) is 39.9 Å². The second-order valence-electron chi connectivity index (χ2n) is 9.46. The topological polar surface area (TPSA) is 84.6 Å². The van der Waals surface area contributed by atoms with Crippen molar-refractivity contribution < 1.29 is 9.72 Å². The number of amides is 1. The third-order valence-electron chi connectivity index (χ3n) is 6.59. The van der Waals surface area contributed by atoms with Crippen LogP contribution in [-0.2, 0) is 4.79 Å². The van der Waals surface area contributed by atoms with E-state index < -0.39 is 4.92 Å². The van der Waals surface area contributed by atoms with Crippen molar-refractivity contribution in [1.29, 1.82) is 0 Å². The molecule has 4 aliphatic rings. The van der Waals surface area contributed by atoms with Crippen LogP contribution in [0.3, 0.4) is 0 Å². The molecule has 1 aromatic carbocycles. The first-order valence-electron chi connectivity index (χ1n) is 9.29. The van der Waals surface area contributed by atoms with E-state index in [0.717, 1.165) is 24.8 Å². The van der Waals surface area contributed by atoms with Crippen LogP contribution >= 0.6 is 0 Å². The second kappa shape index (κ2) is 5.63. The summed E-state index contributed by atoms with van der Waals surface area (Å²) in [6, 6.07) is 6.12. The molecule has 1 N–H and O–H groups in total. The molecule has 138 valence electrons. The van der Waals surface area contributed by atoms with Gasteiger partial charge in [0.25, 0.3) is 5.69 Å². The second-order valence-corrected chi connectivity index (χ2v) is 9.46. The lowest BCUT2D eigenvalue weighted by Gasteiger charge is -2.64. The Hall–Kier alpha value is -2.24. The summed E-state index contributed by atoms with van der Waals surface area (Å²) in [5.41, 5.74) is 3.81. The average molecular weight is 355 g/mol. The molecule has 1 aromatic rings. The van der Waals surface area contributed by atoms with E-state index in [4.69, 9.17) is 0 Å². The lowest BCUT2D eigenvalue weighted by Crippen LogP contribution is -2.59. The van der Waals surface area contributed by atoms with Gasteiger partial charge in [-0.15, -0.1) is 0 Å². The molecule has 4 bridgehead atoms. The Morgan fingerprint density at radius 2 is 1.77 bits per heavy atom. The first-order chi connectivity index (χ1) is 12.2. The van der Waals surface area contributed by atoms with Gasteiger partial charge in [-0.05, 0) is 73.0 Å². The number of nitro benzene ring substituents is 1. The number of hydrazone groups is 1. The molecule has 0 unspecified atom stereocenters. The maximum Gasteiger partial charge on any atom is 0.269 e. The summed E-state index contributed by atoms with van der Waals surface area (Å²) in [5.74, 6) is 0.697. The largest absolute Gasteiger partial charge is 0.273 e. The van der Waals surface area contributed by atoms with E-state index in [2.05, 4.69) is 24.4 Å². The lowest BCUT2D eigenvalue weighted by atomic mass is 9.40. The van der Waals surface area contributed by atoms with Crippen LogP contribution in [0.2, 0.25) is 0 Å². The van der Waals surface area contributed by atoms with Gasteiger partial charge in [-0.2, -0.15) is 5.10 Å². The van der Waals surface area contributed by atoms with E-state index in [1.165, 1.54) is 31.4 Å². The third-order valence-corrected chi connectivity index (χ3v) is 6.59. The highest BCUT2D eigenvalue weighted by atomic mass is 16.6. The van der Waals surface area contributed by atoms with Crippen LogP contribution in [-0.4, -0.2) is 17.0 Å². The fourth-order valence-electron chi connectivity index (χ4n) is 6.67. The predicted molar refractivity (Wildman–Crippen MR) is 98.7 cm³/mol. The average Bonchev–Trinajstić information content (AvgIpc) is 2.51. The summed E-state index contributed by atoms with van der Waals surface area (Å²) >= 11 is 0. The quantitative estimate of drug-likeness (QED) is 0.502. The van der Waals surface area contributed by atoms with Crippen LogP contribution in [0.25, 0.3) is 0 Å². The zero-order chi connectivity index (χ0) is 18.6. The van der Waals surface area contributed by atoms with Crippen molar-refractivity contribution in [3.8, 4) is 0 Å². The van der Waals surface area contributed by atoms with Gasteiger partial charge >= 0.3 is 0 Å². The van der Waals surface area contributed by atoms with Crippen molar-refractivity contribution in [2.75, 3.05) is 0 Å². The first-order valence-corrected chi connectivity index (χ1v) is 9.29. The molecule has 0 aromatic heterocycles. The van der Waals surface area contributed by atoms with Crippen LogP contribution in [0.15, 0.2) is 29.4 Å². The summed E-state index contributed by atoms with van der Waals surface area (Å²) < 4.78 is 0. The molecule has 6 heteroatoms. The van der Waals surface area contributed by atoms with Gasteiger partial charge in [0, 0.05) is 12.1 Å². The van der Waals surface area contributed by atoms with Gasteiger partial charge in [0.2, 0.25) is 5.91 Å². The SMILES string of the molecule is C[C@@]12CC3CC(C(=O)N/N=C\c4ccc([N+](=O)[O-])cc4)(C1)C[C@@](C)(C3)C2. The standard InChI is InChI=1S/C20H25N3O3/c1-18-7-15-8-19(2,11-18)13-20(9-15,12-18)17(24)22-21-10-14-3-5-16(6-4-14)23(25)26/h3-6,10,15H,7-9,11-13H2,1-2H3,(H,22,24)/b21-10-/t15?,18-,19-,20?/m0/s1. The maximum atomic E-state index is 13.0. The number of nitrogens with zero attached hydrogens (tertiary/aromatic N) is 2. The van der Waals surface area contributed by atoms with Gasteiger partial charge in [0.1, 0.15) is 0 Å². The summed E-state index contributed by atoms with van der Waals surface area (Å²) in [7, 11) is 0. The fourth-order valence-corrected chi connectivity index (χ4v) is 6.67. The Kier molecular flexibility index (Phi) is 3.72. The normalized spacial score (nSPS) is 37.8. The van der Waals surface area contributed by atoms with Crippen LogP contribution < -0.4 is 5.43 Å². The Labute approximate surface area is 153 Å². The summed E-state index contributed by atoms with van der Waals surface area (Å²) in [4.78, 5) is 23.3. The molecule has 5 rings (SSSR count). The smallest absolute Gasteiger partial charge is 0.269 e. The van der Waals surface area contributed by atoms with Crippen molar-refractivity contribution in [3.63, 3.8) is 0 Å². The number of hydrogen-bond donors (Lipinski definition) is 1. The van der Waals surface area contributed by atoms with Gasteiger partial charge in [-0.1, -0.05) is 13.8 Å². The molecule has 0 heterocycles. The molecule has 2 atom stereocenters. The zero-order valence-electron chi connectivity index (χ0n) is 15.3. The minimum absolute atomic E-state index is 0.0391. The first kappa shape index (κ1) is 17.2. The molecular formula is C20H25N3O3. The van der Waals surface area contributed by atoms with E-state index in [-0.39, 0.29) is 27.8 Å². The van der Waals surface area contributed by atoms with E-state index in [0.29, 0.717) is 5.92 Å². The Morgan fingerprint density at radius 1 is 1.15 bits per heavy atom. The Bertz CT molecular complexity index is 768. The van der Waals surface area contributed by atoms with Crippen molar-refractivity contribution in [1.82, 2.24) is 5.43 Å². The minimum Gasteiger partial charge on any atom is -0.273 e. The molecule has 6 nitrogen and oxygen atoms in total. The van der Waals surface area contributed by atoms with E-state index in [9.17, 15) is 14.9 Å². The molecule has 4 saturated carbocycles. The number of benzene rings is 1. The van der Waals surface area contributed by atoms with Crippen molar-refractivity contribution >= 4 is 17.8 Å². The molecule has 4 aliphatic carbocycles. The van der Waals surface area contributed by atoms with E-state index in [1.807, 2.05) is 0 Å². The highest BCUT2D eigenvalue weighted by molar-refractivity contribution is 5.86. The monoisotopic (exact) mass is 355 g/mol.